The smallest absolute Gasteiger partial charge is 0.162 e. The zero-order valence-corrected chi connectivity index (χ0v) is 26.4. The molecule has 0 fully saturated rings. The van der Waals surface area contributed by atoms with Crippen LogP contribution in [0, 0.1) is 0 Å². The van der Waals surface area contributed by atoms with E-state index in [-0.39, 0.29) is 6.04 Å². The molecule has 0 spiro atoms. The van der Waals surface area contributed by atoms with Crippen LogP contribution < -0.4 is 14.2 Å². The molecule has 46 heavy (non-hydrogen) atoms. The van der Waals surface area contributed by atoms with Gasteiger partial charge >= 0.3 is 0 Å². The number of nitrogens with zero attached hydrogens (tertiary/aromatic N) is 2. The number of methoxy groups -OCH3 is 2. The third kappa shape index (κ3) is 5.21. The monoisotopic (exact) mass is 606 g/mol. The van der Waals surface area contributed by atoms with Crippen molar-refractivity contribution in [1.29, 1.82) is 0 Å². The van der Waals surface area contributed by atoms with Gasteiger partial charge in [0, 0.05) is 35.9 Å². The van der Waals surface area contributed by atoms with Crippen molar-refractivity contribution in [3.8, 4) is 22.9 Å². The molecule has 0 aliphatic carbocycles. The van der Waals surface area contributed by atoms with Crippen LogP contribution in [0.5, 0.6) is 17.2 Å². The Labute approximate surface area is 270 Å². The number of hydrogen-bond donors (Lipinski definition) is 0. The van der Waals surface area contributed by atoms with Gasteiger partial charge in [0.2, 0.25) is 0 Å². The maximum Gasteiger partial charge on any atom is 0.162 e. The molecule has 5 aromatic carbocycles. The highest BCUT2D eigenvalue weighted by Gasteiger charge is 2.36. The molecule has 0 radical (unpaired) electrons. The highest BCUT2D eigenvalue weighted by Crippen LogP contribution is 2.46. The number of aromatic nitrogens is 1. The van der Waals surface area contributed by atoms with Gasteiger partial charge in [0.25, 0.3) is 0 Å². The molecule has 0 N–H and O–H groups in total. The maximum atomic E-state index is 6.37. The minimum Gasteiger partial charge on any atom is -0.497 e. The highest BCUT2D eigenvalue weighted by atomic mass is 16.5. The second kappa shape index (κ2) is 12.1. The van der Waals surface area contributed by atoms with Gasteiger partial charge in [-0.05, 0) is 95.1 Å². The number of hydrogen-bond acceptors (Lipinski definition) is 4. The van der Waals surface area contributed by atoms with Crippen LogP contribution in [-0.2, 0) is 32.4 Å². The Kier molecular flexibility index (Phi) is 7.47. The van der Waals surface area contributed by atoms with Crippen LogP contribution in [0.3, 0.4) is 0 Å². The van der Waals surface area contributed by atoms with Crippen molar-refractivity contribution in [2.75, 3.05) is 20.8 Å². The van der Waals surface area contributed by atoms with Crippen molar-refractivity contribution in [1.82, 2.24) is 9.47 Å². The van der Waals surface area contributed by atoms with Crippen LogP contribution in [0.1, 0.15) is 45.1 Å². The summed E-state index contributed by atoms with van der Waals surface area (Å²) < 4.78 is 20.4. The lowest BCUT2D eigenvalue weighted by atomic mass is 9.85. The largest absolute Gasteiger partial charge is 0.497 e. The molecule has 0 amide bonds. The highest BCUT2D eigenvalue weighted by molar-refractivity contribution is 5.89. The van der Waals surface area contributed by atoms with E-state index in [0.717, 1.165) is 55.2 Å². The Bertz CT molecular complexity index is 2000. The van der Waals surface area contributed by atoms with Gasteiger partial charge in [0.1, 0.15) is 12.4 Å². The quantitative estimate of drug-likeness (QED) is 0.174. The van der Waals surface area contributed by atoms with Crippen molar-refractivity contribution in [3.05, 3.63) is 154 Å². The zero-order chi connectivity index (χ0) is 31.0. The topological polar surface area (TPSA) is 35.9 Å². The first kappa shape index (κ1) is 28.5. The molecule has 2 aliphatic rings. The Morgan fingerprint density at radius 1 is 0.717 bits per heavy atom. The Morgan fingerprint density at radius 3 is 2.20 bits per heavy atom. The van der Waals surface area contributed by atoms with Crippen LogP contribution in [0.25, 0.3) is 16.6 Å². The molecular formula is C41H38N2O3. The molecule has 0 saturated heterocycles. The Balaban J connectivity index is 1.16. The normalized spacial score (nSPS) is 15.6. The molecule has 0 bridgehead atoms. The molecular weight excluding hydrogens is 568 g/mol. The summed E-state index contributed by atoms with van der Waals surface area (Å²) in [5.74, 6) is 2.49. The molecule has 3 heterocycles. The second-order valence-electron chi connectivity index (χ2n) is 12.4. The summed E-state index contributed by atoms with van der Waals surface area (Å²) in [4.78, 5) is 2.65. The Hall–Kier alpha value is -5.00. The molecule has 2 aliphatic heterocycles. The van der Waals surface area contributed by atoms with E-state index in [1.54, 1.807) is 14.2 Å². The Morgan fingerprint density at radius 2 is 1.46 bits per heavy atom. The van der Waals surface area contributed by atoms with E-state index >= 15 is 0 Å². The summed E-state index contributed by atoms with van der Waals surface area (Å²) >= 11 is 0. The third-order valence-electron chi connectivity index (χ3n) is 9.71. The van der Waals surface area contributed by atoms with Gasteiger partial charge in [-0.3, -0.25) is 4.90 Å². The molecule has 5 heteroatoms. The van der Waals surface area contributed by atoms with Crippen LogP contribution in [0.4, 0.5) is 0 Å². The van der Waals surface area contributed by atoms with Gasteiger partial charge in [-0.15, -0.1) is 0 Å². The lowest BCUT2D eigenvalue weighted by Gasteiger charge is -2.41. The summed E-state index contributed by atoms with van der Waals surface area (Å²) in [6.07, 6.45) is 2.84. The number of fused-ring (bicyclic) bond motifs is 6. The molecule has 0 saturated carbocycles. The van der Waals surface area contributed by atoms with E-state index in [2.05, 4.69) is 107 Å². The molecule has 1 atom stereocenters. The predicted molar refractivity (Wildman–Crippen MR) is 183 cm³/mol. The third-order valence-corrected chi connectivity index (χ3v) is 9.71. The van der Waals surface area contributed by atoms with Crippen LogP contribution >= 0.6 is 0 Å². The fourth-order valence-corrected chi connectivity index (χ4v) is 7.38. The molecule has 1 unspecified atom stereocenters. The molecule has 8 rings (SSSR count). The van der Waals surface area contributed by atoms with Gasteiger partial charge in [0.15, 0.2) is 11.5 Å². The minimum atomic E-state index is 0.264. The van der Waals surface area contributed by atoms with E-state index < -0.39 is 0 Å². The van der Waals surface area contributed by atoms with Gasteiger partial charge in [-0.1, -0.05) is 72.8 Å². The van der Waals surface area contributed by atoms with E-state index in [1.807, 2.05) is 18.2 Å². The zero-order valence-electron chi connectivity index (χ0n) is 26.4. The van der Waals surface area contributed by atoms with Crippen molar-refractivity contribution in [2.24, 2.45) is 0 Å². The van der Waals surface area contributed by atoms with Gasteiger partial charge in [-0.25, -0.2) is 0 Å². The second-order valence-corrected chi connectivity index (χ2v) is 12.4. The van der Waals surface area contributed by atoms with Gasteiger partial charge in [0.05, 0.1) is 19.7 Å². The summed E-state index contributed by atoms with van der Waals surface area (Å²) in [6.45, 7) is 2.39. The lowest BCUT2D eigenvalue weighted by Crippen LogP contribution is -2.39. The van der Waals surface area contributed by atoms with E-state index in [0.29, 0.717) is 6.61 Å². The van der Waals surface area contributed by atoms with Crippen molar-refractivity contribution in [3.63, 3.8) is 0 Å². The first-order valence-electron chi connectivity index (χ1n) is 16.1. The standard InChI is InChI=1S/C41H38N2O3/c1-44-33-17-18-37-35(23-33)36-24-38-34-25-41(46-27-30-11-7-4-8-12-30)40(45-2)22-31(34)19-20-42(38)26-39(36)43(37)32-15-13-29(14-16-32)21-28-9-5-3-6-10-28/h3-18,22-23,25,38H,19-21,24,26-27H2,1-2H3. The van der Waals surface area contributed by atoms with Crippen molar-refractivity contribution >= 4 is 10.9 Å². The van der Waals surface area contributed by atoms with Crippen LogP contribution in [0.15, 0.2) is 115 Å². The first-order chi connectivity index (χ1) is 22.7. The summed E-state index contributed by atoms with van der Waals surface area (Å²) in [6, 6.07) is 41.3. The fourth-order valence-electron chi connectivity index (χ4n) is 7.38. The van der Waals surface area contributed by atoms with Crippen LogP contribution in [0.2, 0.25) is 0 Å². The summed E-state index contributed by atoms with van der Waals surface area (Å²) in [5, 5.41) is 1.27. The number of ether oxygens (including phenoxy) is 3. The molecule has 6 aromatic rings. The van der Waals surface area contributed by atoms with Gasteiger partial charge in [-0.2, -0.15) is 0 Å². The SMILES string of the molecule is COc1ccc2c(c1)c1c(n2-c2ccc(Cc3ccccc3)cc2)CN2CCc3cc(OC)c(OCc4ccccc4)cc3C2C1. The minimum absolute atomic E-state index is 0.264. The molecule has 1 aromatic heterocycles. The van der Waals surface area contributed by atoms with Gasteiger partial charge < -0.3 is 18.8 Å². The average molecular weight is 607 g/mol. The lowest BCUT2D eigenvalue weighted by molar-refractivity contribution is 0.157. The number of benzene rings is 5. The first-order valence-corrected chi connectivity index (χ1v) is 16.1. The van der Waals surface area contributed by atoms with Crippen LogP contribution in [-0.4, -0.2) is 30.2 Å². The van der Waals surface area contributed by atoms with E-state index in [1.165, 1.54) is 50.1 Å². The fraction of sp³-hybridized carbons (Fsp3) is 0.220. The number of rotatable bonds is 8. The van der Waals surface area contributed by atoms with Crippen molar-refractivity contribution < 1.29 is 14.2 Å². The predicted octanol–water partition coefficient (Wildman–Crippen LogP) is 8.47. The molecule has 230 valence electrons. The van der Waals surface area contributed by atoms with Crippen molar-refractivity contribution in [2.45, 2.75) is 38.5 Å². The summed E-state index contributed by atoms with van der Waals surface area (Å²) in [7, 11) is 3.48. The van der Waals surface area contributed by atoms with E-state index in [9.17, 15) is 0 Å². The summed E-state index contributed by atoms with van der Waals surface area (Å²) in [5.41, 5.74) is 11.7. The molecule has 5 nitrogen and oxygen atoms in total. The average Bonchev–Trinajstić information content (AvgIpc) is 3.43. The van der Waals surface area contributed by atoms with E-state index in [4.69, 9.17) is 14.2 Å². The maximum absolute atomic E-state index is 6.37.